The smallest absolute Gasteiger partial charge is 0.332 e. The molecule has 32 heavy (non-hydrogen) atoms. The van der Waals surface area contributed by atoms with Crippen LogP contribution >= 0.6 is 0 Å². The van der Waals surface area contributed by atoms with Gasteiger partial charge in [-0.05, 0) is 61.7 Å². The Morgan fingerprint density at radius 1 is 1.09 bits per heavy atom. The van der Waals surface area contributed by atoms with E-state index in [-0.39, 0.29) is 17.4 Å². The number of nitrogens with zero attached hydrogens (tertiary/aromatic N) is 4. The van der Waals surface area contributed by atoms with Gasteiger partial charge in [0.15, 0.2) is 0 Å². The van der Waals surface area contributed by atoms with Crippen LogP contribution in [0.1, 0.15) is 45.7 Å². The van der Waals surface area contributed by atoms with E-state index < -0.39 is 5.54 Å². The normalized spacial score (nSPS) is 19.4. The van der Waals surface area contributed by atoms with E-state index in [1.807, 2.05) is 36.4 Å². The molecule has 2 fully saturated rings. The lowest BCUT2D eigenvalue weighted by Crippen LogP contribution is -2.52. The van der Waals surface area contributed by atoms with Crippen molar-refractivity contribution in [2.45, 2.75) is 58.2 Å². The van der Waals surface area contributed by atoms with Gasteiger partial charge in [0.1, 0.15) is 11.4 Å². The van der Waals surface area contributed by atoms with E-state index in [2.05, 4.69) is 43.0 Å². The molecule has 2 saturated heterocycles. The Hall–Kier alpha value is -2.93. The van der Waals surface area contributed by atoms with Crippen LogP contribution in [-0.4, -0.2) is 58.4 Å². The Bertz CT molecular complexity index is 1020. The number of likely N-dealkylation sites (N-methyl/N-ethyl adjacent to an activating group) is 1. The number of carbonyl (C=O) groups excluding carboxylic acids is 2. The predicted octanol–water partition coefficient (Wildman–Crippen LogP) is 3.85. The van der Waals surface area contributed by atoms with Crippen LogP contribution in [0.3, 0.4) is 0 Å². The van der Waals surface area contributed by atoms with Crippen LogP contribution in [0.5, 0.6) is 0 Å². The van der Waals surface area contributed by atoms with Crippen molar-refractivity contribution >= 4 is 23.4 Å². The number of imide groups is 1. The molecule has 3 heterocycles. The van der Waals surface area contributed by atoms with Crippen LogP contribution in [0.2, 0.25) is 0 Å². The van der Waals surface area contributed by atoms with Gasteiger partial charge in [0.25, 0.3) is 5.91 Å². The molecule has 7 nitrogen and oxygen atoms in total. The second-order valence-electron chi connectivity index (χ2n) is 10.5. The second-order valence-corrected chi connectivity index (χ2v) is 10.5. The standard InChI is InChI=1S/C25H33N5O2/c1-24(2,3)18-7-9-20(10-8-18)30-22(31)25(4,5)29(23(30)32)14-17-11-12-26-21(13-17)27-19-15-28(6)16-19/h7-13,19H,14-16H2,1-6H3,(H,26,27). The van der Waals surface area contributed by atoms with Gasteiger partial charge in [0.2, 0.25) is 0 Å². The molecule has 170 valence electrons. The van der Waals surface area contributed by atoms with Crippen molar-refractivity contribution in [3.05, 3.63) is 53.7 Å². The number of urea groups is 1. The molecule has 1 N–H and O–H groups in total. The van der Waals surface area contributed by atoms with Crippen LogP contribution in [0.4, 0.5) is 16.3 Å². The molecule has 0 spiro atoms. The molecule has 2 aliphatic rings. The third kappa shape index (κ3) is 4.09. The van der Waals surface area contributed by atoms with Crippen molar-refractivity contribution in [2.24, 2.45) is 0 Å². The fraction of sp³-hybridized carbons (Fsp3) is 0.480. The number of hydrogen-bond acceptors (Lipinski definition) is 5. The molecule has 3 amide bonds. The monoisotopic (exact) mass is 435 g/mol. The summed E-state index contributed by atoms with van der Waals surface area (Å²) in [4.78, 5) is 36.2. The molecule has 0 atom stereocenters. The van der Waals surface area contributed by atoms with Gasteiger partial charge in [-0.25, -0.2) is 14.7 Å². The van der Waals surface area contributed by atoms with Crippen LogP contribution in [-0.2, 0) is 16.8 Å². The average molecular weight is 436 g/mol. The number of likely N-dealkylation sites (tertiary alicyclic amines) is 1. The highest BCUT2D eigenvalue weighted by atomic mass is 16.2. The lowest BCUT2D eigenvalue weighted by molar-refractivity contribution is -0.123. The Balaban J connectivity index is 1.54. The van der Waals surface area contributed by atoms with E-state index in [1.165, 1.54) is 4.90 Å². The lowest BCUT2D eigenvalue weighted by atomic mass is 9.87. The number of benzene rings is 1. The SMILES string of the molecule is CN1CC(Nc2cc(CN3C(=O)N(c4ccc(C(C)(C)C)cc4)C(=O)C3(C)C)ccn2)C1. The van der Waals surface area contributed by atoms with Crippen molar-refractivity contribution in [3.63, 3.8) is 0 Å². The minimum absolute atomic E-state index is 0.00481. The van der Waals surface area contributed by atoms with Crippen LogP contribution < -0.4 is 10.2 Å². The van der Waals surface area contributed by atoms with Gasteiger partial charge in [-0.1, -0.05) is 32.9 Å². The largest absolute Gasteiger partial charge is 0.365 e. The molecular formula is C25H33N5O2. The minimum atomic E-state index is -0.937. The number of rotatable bonds is 5. The Morgan fingerprint density at radius 3 is 2.34 bits per heavy atom. The quantitative estimate of drug-likeness (QED) is 0.723. The molecule has 4 rings (SSSR count). The van der Waals surface area contributed by atoms with Gasteiger partial charge in [-0.15, -0.1) is 0 Å². The topological polar surface area (TPSA) is 68.8 Å². The van der Waals surface area contributed by atoms with Crippen molar-refractivity contribution in [1.82, 2.24) is 14.8 Å². The Morgan fingerprint density at radius 2 is 1.75 bits per heavy atom. The molecule has 2 aromatic rings. The summed E-state index contributed by atoms with van der Waals surface area (Å²) >= 11 is 0. The van der Waals surface area contributed by atoms with Crippen LogP contribution in [0.15, 0.2) is 42.6 Å². The van der Waals surface area contributed by atoms with Crippen LogP contribution in [0, 0.1) is 0 Å². The summed E-state index contributed by atoms with van der Waals surface area (Å²) in [5, 5.41) is 3.43. The van der Waals surface area contributed by atoms with Crippen LogP contribution in [0.25, 0.3) is 0 Å². The zero-order chi connectivity index (χ0) is 23.3. The summed E-state index contributed by atoms with van der Waals surface area (Å²) in [7, 11) is 2.09. The van der Waals surface area contributed by atoms with E-state index in [4.69, 9.17) is 0 Å². The van der Waals surface area contributed by atoms with Crippen molar-refractivity contribution in [3.8, 4) is 0 Å². The molecule has 1 aromatic heterocycles. The number of nitrogens with one attached hydrogen (secondary N) is 1. The number of aromatic nitrogens is 1. The maximum atomic E-state index is 13.4. The molecule has 0 unspecified atom stereocenters. The number of pyridine rings is 1. The lowest BCUT2D eigenvalue weighted by Gasteiger charge is -2.37. The molecule has 1 aromatic carbocycles. The van der Waals surface area contributed by atoms with Gasteiger partial charge in [0, 0.05) is 25.8 Å². The van der Waals surface area contributed by atoms with Gasteiger partial charge in [-0.3, -0.25) is 4.79 Å². The third-order valence-electron chi connectivity index (χ3n) is 6.40. The third-order valence-corrected chi connectivity index (χ3v) is 6.40. The van der Waals surface area contributed by atoms with E-state index >= 15 is 0 Å². The van der Waals surface area contributed by atoms with E-state index in [0.717, 1.165) is 30.0 Å². The van der Waals surface area contributed by atoms with E-state index in [0.29, 0.717) is 18.3 Å². The maximum absolute atomic E-state index is 13.4. The number of hydrogen-bond donors (Lipinski definition) is 1. The second kappa shape index (κ2) is 7.89. The number of carbonyl (C=O) groups is 2. The molecule has 0 saturated carbocycles. The first-order valence-electron chi connectivity index (χ1n) is 11.1. The first-order chi connectivity index (χ1) is 15.0. The molecule has 0 radical (unpaired) electrons. The summed E-state index contributed by atoms with van der Waals surface area (Å²) in [6.07, 6.45) is 1.75. The molecule has 7 heteroatoms. The zero-order valence-corrected chi connectivity index (χ0v) is 19.8. The predicted molar refractivity (Wildman–Crippen MR) is 127 cm³/mol. The number of amides is 3. The molecule has 0 bridgehead atoms. The van der Waals surface area contributed by atoms with Crippen molar-refractivity contribution < 1.29 is 9.59 Å². The maximum Gasteiger partial charge on any atom is 0.332 e. The first-order valence-corrected chi connectivity index (χ1v) is 11.1. The minimum Gasteiger partial charge on any atom is -0.365 e. The number of anilines is 2. The summed E-state index contributed by atoms with van der Waals surface area (Å²) in [5.74, 6) is 0.585. The van der Waals surface area contributed by atoms with Gasteiger partial charge in [-0.2, -0.15) is 0 Å². The highest BCUT2D eigenvalue weighted by Gasteiger charge is 2.51. The fourth-order valence-corrected chi connectivity index (χ4v) is 4.27. The summed E-state index contributed by atoms with van der Waals surface area (Å²) in [5.41, 5.74) is 1.77. The summed E-state index contributed by atoms with van der Waals surface area (Å²) in [6.45, 7) is 12.3. The van der Waals surface area contributed by atoms with Gasteiger partial charge >= 0.3 is 6.03 Å². The summed E-state index contributed by atoms with van der Waals surface area (Å²) < 4.78 is 0. The zero-order valence-electron chi connectivity index (χ0n) is 19.8. The molecule has 2 aliphatic heterocycles. The Kier molecular flexibility index (Phi) is 5.49. The average Bonchev–Trinajstić information content (AvgIpc) is 2.86. The highest BCUT2D eigenvalue weighted by Crippen LogP contribution is 2.34. The van der Waals surface area contributed by atoms with Gasteiger partial charge in [0.05, 0.1) is 11.7 Å². The van der Waals surface area contributed by atoms with E-state index in [9.17, 15) is 9.59 Å². The van der Waals surface area contributed by atoms with Crippen molar-refractivity contribution in [1.29, 1.82) is 0 Å². The first kappa shape index (κ1) is 22.3. The van der Waals surface area contributed by atoms with Gasteiger partial charge < -0.3 is 15.1 Å². The van der Waals surface area contributed by atoms with Crippen molar-refractivity contribution in [2.75, 3.05) is 30.4 Å². The molecule has 0 aliphatic carbocycles. The summed E-state index contributed by atoms with van der Waals surface area (Å²) in [6, 6.07) is 11.7. The van der Waals surface area contributed by atoms with E-state index in [1.54, 1.807) is 24.9 Å². The fourth-order valence-electron chi connectivity index (χ4n) is 4.27. The molecular weight excluding hydrogens is 402 g/mol. The Labute approximate surface area is 190 Å². The highest BCUT2D eigenvalue weighted by molar-refractivity contribution is 6.22.